The van der Waals surface area contributed by atoms with Crippen LogP contribution in [0, 0.1) is 5.41 Å². The molecule has 0 aromatic carbocycles. The molecule has 0 aliphatic rings. The highest BCUT2D eigenvalue weighted by molar-refractivity contribution is 5.92. The van der Waals surface area contributed by atoms with Gasteiger partial charge >= 0.3 is 6.01 Å². The first-order chi connectivity index (χ1) is 7.75. The summed E-state index contributed by atoms with van der Waals surface area (Å²) in [6, 6.07) is 5.15. The fraction of sp³-hybridized carbons (Fsp3) is 0. The quantitative estimate of drug-likeness (QED) is 0.586. The van der Waals surface area contributed by atoms with E-state index in [1.165, 1.54) is 6.20 Å². The molecule has 0 spiro atoms. The number of aromatic nitrogens is 3. The van der Waals surface area contributed by atoms with Gasteiger partial charge in [-0.3, -0.25) is 10.4 Å². The van der Waals surface area contributed by atoms with Crippen LogP contribution < -0.4 is 10.5 Å². The molecule has 0 radical (unpaired) electrons. The predicted octanol–water partition coefficient (Wildman–Crippen LogP) is 0.948. The number of nitrogens with one attached hydrogen (secondary N) is 1. The van der Waals surface area contributed by atoms with E-state index in [0.29, 0.717) is 11.4 Å². The molecule has 2 aromatic rings. The molecule has 6 nitrogen and oxygen atoms in total. The Kier molecular flexibility index (Phi) is 2.73. The van der Waals surface area contributed by atoms with Crippen LogP contribution in [-0.4, -0.2) is 20.8 Å². The number of amidine groups is 1. The van der Waals surface area contributed by atoms with Gasteiger partial charge in [-0.2, -0.15) is 4.98 Å². The van der Waals surface area contributed by atoms with E-state index in [9.17, 15) is 0 Å². The second-order valence-electron chi connectivity index (χ2n) is 2.93. The van der Waals surface area contributed by atoms with Crippen molar-refractivity contribution in [2.45, 2.75) is 0 Å². The van der Waals surface area contributed by atoms with E-state index in [1.807, 2.05) is 0 Å². The normalized spacial score (nSPS) is 9.75. The van der Waals surface area contributed by atoms with Crippen molar-refractivity contribution in [1.82, 2.24) is 15.0 Å². The molecular weight excluding hydrogens is 206 g/mol. The topological polar surface area (TPSA) is 97.8 Å². The molecule has 0 unspecified atom stereocenters. The third-order valence-electron chi connectivity index (χ3n) is 1.75. The molecule has 2 rings (SSSR count). The zero-order valence-corrected chi connectivity index (χ0v) is 8.29. The second kappa shape index (κ2) is 4.35. The molecule has 0 saturated carbocycles. The molecule has 0 fully saturated rings. The van der Waals surface area contributed by atoms with Gasteiger partial charge in [-0.15, -0.1) is 0 Å². The molecule has 0 aliphatic carbocycles. The fourth-order valence-corrected chi connectivity index (χ4v) is 1.05. The van der Waals surface area contributed by atoms with Crippen LogP contribution in [0.25, 0.3) is 0 Å². The summed E-state index contributed by atoms with van der Waals surface area (Å²) >= 11 is 0. The number of rotatable bonds is 3. The van der Waals surface area contributed by atoms with Crippen LogP contribution in [0.5, 0.6) is 11.8 Å². The monoisotopic (exact) mass is 215 g/mol. The van der Waals surface area contributed by atoms with Gasteiger partial charge < -0.3 is 10.5 Å². The molecule has 2 aromatic heterocycles. The summed E-state index contributed by atoms with van der Waals surface area (Å²) < 4.78 is 5.33. The van der Waals surface area contributed by atoms with Gasteiger partial charge in [0.15, 0.2) is 0 Å². The molecular formula is C10H9N5O. The van der Waals surface area contributed by atoms with Crippen molar-refractivity contribution in [3.8, 4) is 11.8 Å². The number of nitrogen functional groups attached to an aromatic ring is 1. The van der Waals surface area contributed by atoms with Gasteiger partial charge in [-0.25, -0.2) is 4.98 Å². The lowest BCUT2D eigenvalue weighted by Crippen LogP contribution is -2.13. The standard InChI is InChI=1S/C10H9N5O/c11-9(12)8-3-5-14-10(15-8)16-7-2-1-4-13-6-7/h1-6H,(H3,11,12). The van der Waals surface area contributed by atoms with E-state index in [4.69, 9.17) is 15.9 Å². The van der Waals surface area contributed by atoms with Crippen molar-refractivity contribution >= 4 is 5.84 Å². The lowest BCUT2D eigenvalue weighted by Gasteiger charge is -2.03. The molecule has 0 aliphatic heterocycles. The Labute approximate surface area is 91.7 Å². The molecule has 80 valence electrons. The average molecular weight is 215 g/mol. The summed E-state index contributed by atoms with van der Waals surface area (Å²) in [4.78, 5) is 11.8. The molecule has 3 N–H and O–H groups in total. The number of pyridine rings is 1. The third kappa shape index (κ3) is 2.30. The van der Waals surface area contributed by atoms with Gasteiger partial charge in [0.2, 0.25) is 0 Å². The van der Waals surface area contributed by atoms with Crippen LogP contribution in [0.1, 0.15) is 5.69 Å². The van der Waals surface area contributed by atoms with Crippen molar-refractivity contribution < 1.29 is 4.74 Å². The van der Waals surface area contributed by atoms with Crippen molar-refractivity contribution in [2.24, 2.45) is 5.73 Å². The average Bonchev–Trinajstić information content (AvgIpc) is 2.30. The predicted molar refractivity (Wildman–Crippen MR) is 57.4 cm³/mol. The Hall–Kier alpha value is -2.50. The van der Waals surface area contributed by atoms with Gasteiger partial charge in [-0.1, -0.05) is 0 Å². The first-order valence-corrected chi connectivity index (χ1v) is 4.51. The Bertz CT molecular complexity index is 500. The van der Waals surface area contributed by atoms with Crippen LogP contribution in [0.3, 0.4) is 0 Å². The van der Waals surface area contributed by atoms with Crippen molar-refractivity contribution in [3.63, 3.8) is 0 Å². The van der Waals surface area contributed by atoms with E-state index >= 15 is 0 Å². The molecule has 0 atom stereocenters. The summed E-state index contributed by atoms with van der Waals surface area (Å²) in [6.07, 6.45) is 4.67. The number of hydrogen-bond acceptors (Lipinski definition) is 5. The van der Waals surface area contributed by atoms with Crippen molar-refractivity contribution in [1.29, 1.82) is 5.41 Å². The smallest absolute Gasteiger partial charge is 0.322 e. The highest BCUT2D eigenvalue weighted by Crippen LogP contribution is 2.14. The fourth-order valence-electron chi connectivity index (χ4n) is 1.05. The summed E-state index contributed by atoms with van der Waals surface area (Å²) in [5, 5.41) is 7.23. The van der Waals surface area contributed by atoms with E-state index in [0.717, 1.165) is 0 Å². The summed E-state index contributed by atoms with van der Waals surface area (Å²) in [5.74, 6) is 0.404. The van der Waals surface area contributed by atoms with E-state index in [-0.39, 0.29) is 11.8 Å². The van der Waals surface area contributed by atoms with Crippen LogP contribution in [0.4, 0.5) is 0 Å². The number of nitrogens with zero attached hydrogens (tertiary/aromatic N) is 3. The van der Waals surface area contributed by atoms with E-state index in [1.54, 1.807) is 30.6 Å². The largest absolute Gasteiger partial charge is 0.423 e. The van der Waals surface area contributed by atoms with Gasteiger partial charge in [0.25, 0.3) is 0 Å². The van der Waals surface area contributed by atoms with E-state index in [2.05, 4.69) is 15.0 Å². The summed E-state index contributed by atoms with van der Waals surface area (Å²) in [7, 11) is 0. The number of hydrogen-bond donors (Lipinski definition) is 2. The second-order valence-corrected chi connectivity index (χ2v) is 2.93. The SMILES string of the molecule is N=C(N)c1ccnc(Oc2cccnc2)n1. The maximum absolute atomic E-state index is 7.23. The molecule has 2 heterocycles. The van der Waals surface area contributed by atoms with Crippen LogP contribution in [-0.2, 0) is 0 Å². The molecule has 0 amide bonds. The Balaban J connectivity index is 2.22. The summed E-state index contributed by atoms with van der Waals surface area (Å²) in [6.45, 7) is 0. The van der Waals surface area contributed by atoms with Crippen LogP contribution in [0.15, 0.2) is 36.8 Å². The minimum absolute atomic E-state index is 0.126. The number of nitrogens with two attached hydrogens (primary N) is 1. The maximum Gasteiger partial charge on any atom is 0.322 e. The minimum atomic E-state index is -0.126. The minimum Gasteiger partial charge on any atom is -0.423 e. The summed E-state index contributed by atoms with van der Waals surface area (Å²) in [5.41, 5.74) is 5.63. The Morgan fingerprint density at radius 1 is 1.31 bits per heavy atom. The lowest BCUT2D eigenvalue weighted by molar-refractivity contribution is 0.439. The molecule has 6 heteroatoms. The van der Waals surface area contributed by atoms with Gasteiger partial charge in [0.1, 0.15) is 17.3 Å². The molecule has 0 saturated heterocycles. The molecule has 16 heavy (non-hydrogen) atoms. The maximum atomic E-state index is 7.23. The van der Waals surface area contributed by atoms with Crippen molar-refractivity contribution in [3.05, 3.63) is 42.5 Å². The zero-order chi connectivity index (χ0) is 11.4. The van der Waals surface area contributed by atoms with Crippen molar-refractivity contribution in [2.75, 3.05) is 0 Å². The van der Waals surface area contributed by atoms with Gasteiger partial charge in [0.05, 0.1) is 6.20 Å². The Morgan fingerprint density at radius 3 is 2.88 bits per heavy atom. The molecule has 0 bridgehead atoms. The first kappa shape index (κ1) is 10.0. The highest BCUT2D eigenvalue weighted by Gasteiger charge is 2.03. The first-order valence-electron chi connectivity index (χ1n) is 4.51. The Morgan fingerprint density at radius 2 is 2.19 bits per heavy atom. The van der Waals surface area contributed by atoms with Gasteiger partial charge in [0, 0.05) is 12.4 Å². The third-order valence-corrected chi connectivity index (χ3v) is 1.75. The number of ether oxygens (including phenoxy) is 1. The van der Waals surface area contributed by atoms with Gasteiger partial charge in [-0.05, 0) is 18.2 Å². The zero-order valence-electron chi connectivity index (χ0n) is 8.29. The van der Waals surface area contributed by atoms with E-state index < -0.39 is 0 Å². The van der Waals surface area contributed by atoms with Crippen LogP contribution >= 0.6 is 0 Å². The van der Waals surface area contributed by atoms with Crippen LogP contribution in [0.2, 0.25) is 0 Å². The lowest BCUT2D eigenvalue weighted by atomic mass is 10.4. The highest BCUT2D eigenvalue weighted by atomic mass is 16.5.